The molecule has 0 aromatic heterocycles. The van der Waals surface area contributed by atoms with E-state index in [1.54, 1.807) is 0 Å². The van der Waals surface area contributed by atoms with Crippen LogP contribution in [0.3, 0.4) is 0 Å². The van der Waals surface area contributed by atoms with Crippen molar-refractivity contribution in [3.05, 3.63) is 33.9 Å². The molecule has 1 aromatic carbocycles. The Morgan fingerprint density at radius 3 is 2.74 bits per heavy atom. The van der Waals surface area contributed by atoms with Crippen LogP contribution in [0.4, 0.5) is 11.4 Å². The molecule has 1 aliphatic rings. The average molecular weight is 264 g/mol. The number of nitrogens with zero attached hydrogens (tertiary/aromatic N) is 1. The molecule has 0 aliphatic heterocycles. The van der Waals surface area contributed by atoms with Gasteiger partial charge in [-0.2, -0.15) is 0 Å². The van der Waals surface area contributed by atoms with Gasteiger partial charge in [-0.3, -0.25) is 20.8 Å². The molecule has 0 spiro atoms. The van der Waals surface area contributed by atoms with E-state index in [2.05, 4.69) is 10.7 Å². The maximum absolute atomic E-state index is 11.9. The van der Waals surface area contributed by atoms with E-state index < -0.39 is 4.92 Å². The molecule has 1 aromatic rings. The summed E-state index contributed by atoms with van der Waals surface area (Å²) in [5, 5.41) is 13.6. The molecule has 2 rings (SSSR count). The lowest BCUT2D eigenvalue weighted by Crippen LogP contribution is -2.32. The SMILES string of the molecule is NNc1ccc(C(=O)NCC2CCC2)cc1[N+](=O)[O-]. The number of hydrogen-bond acceptors (Lipinski definition) is 5. The predicted octanol–water partition coefficient (Wildman–Crippen LogP) is 1.41. The summed E-state index contributed by atoms with van der Waals surface area (Å²) in [6.45, 7) is 0.628. The van der Waals surface area contributed by atoms with Crippen molar-refractivity contribution in [3.8, 4) is 0 Å². The second-order valence-corrected chi connectivity index (χ2v) is 4.64. The summed E-state index contributed by atoms with van der Waals surface area (Å²) in [7, 11) is 0. The number of nitrogens with two attached hydrogens (primary N) is 1. The number of nitrogens with one attached hydrogen (secondary N) is 2. The first-order chi connectivity index (χ1) is 9.11. The number of hydrazine groups is 1. The van der Waals surface area contributed by atoms with E-state index in [0.717, 1.165) is 12.8 Å². The zero-order valence-corrected chi connectivity index (χ0v) is 10.4. The van der Waals surface area contributed by atoms with E-state index in [9.17, 15) is 14.9 Å². The van der Waals surface area contributed by atoms with Gasteiger partial charge in [-0.15, -0.1) is 0 Å². The molecule has 0 radical (unpaired) electrons. The third kappa shape index (κ3) is 3.00. The Labute approximate surface area is 110 Å². The van der Waals surface area contributed by atoms with Crippen LogP contribution in [0.5, 0.6) is 0 Å². The number of carbonyl (C=O) groups excluding carboxylic acids is 1. The van der Waals surface area contributed by atoms with Gasteiger partial charge in [0.1, 0.15) is 5.69 Å². The summed E-state index contributed by atoms with van der Waals surface area (Å²) >= 11 is 0. The predicted molar refractivity (Wildman–Crippen MR) is 70.6 cm³/mol. The van der Waals surface area contributed by atoms with Crippen LogP contribution in [0.15, 0.2) is 18.2 Å². The molecular formula is C12H16N4O3. The van der Waals surface area contributed by atoms with Crippen LogP contribution >= 0.6 is 0 Å². The molecule has 0 heterocycles. The van der Waals surface area contributed by atoms with Crippen molar-refractivity contribution in [2.45, 2.75) is 19.3 Å². The largest absolute Gasteiger partial charge is 0.352 e. The molecule has 0 bridgehead atoms. The molecule has 7 heteroatoms. The first kappa shape index (κ1) is 13.3. The lowest BCUT2D eigenvalue weighted by Gasteiger charge is -2.25. The number of benzene rings is 1. The summed E-state index contributed by atoms with van der Waals surface area (Å²) in [5.74, 6) is 5.44. The molecule has 0 unspecified atom stereocenters. The second-order valence-electron chi connectivity index (χ2n) is 4.64. The van der Waals surface area contributed by atoms with E-state index in [4.69, 9.17) is 5.84 Å². The number of nitrogen functional groups attached to an aromatic ring is 1. The van der Waals surface area contributed by atoms with Crippen molar-refractivity contribution in [1.29, 1.82) is 0 Å². The van der Waals surface area contributed by atoms with Crippen LogP contribution in [0, 0.1) is 16.0 Å². The summed E-state index contributed by atoms with van der Waals surface area (Å²) in [6.07, 6.45) is 3.48. The van der Waals surface area contributed by atoms with Crippen molar-refractivity contribution in [3.63, 3.8) is 0 Å². The van der Waals surface area contributed by atoms with Gasteiger partial charge in [0.2, 0.25) is 0 Å². The summed E-state index contributed by atoms with van der Waals surface area (Å²) in [6, 6.07) is 4.17. The second kappa shape index (κ2) is 5.66. The number of anilines is 1. The van der Waals surface area contributed by atoms with Crippen molar-refractivity contribution in [2.24, 2.45) is 11.8 Å². The monoisotopic (exact) mass is 264 g/mol. The lowest BCUT2D eigenvalue weighted by molar-refractivity contribution is -0.384. The Bertz CT molecular complexity index is 500. The fourth-order valence-electron chi connectivity index (χ4n) is 1.98. The Kier molecular flexibility index (Phi) is 3.96. The average Bonchev–Trinajstić information content (AvgIpc) is 2.35. The third-order valence-corrected chi connectivity index (χ3v) is 3.39. The van der Waals surface area contributed by atoms with Gasteiger partial charge >= 0.3 is 0 Å². The number of carbonyl (C=O) groups is 1. The highest BCUT2D eigenvalue weighted by atomic mass is 16.6. The minimum absolute atomic E-state index is 0.181. The van der Waals surface area contributed by atoms with Gasteiger partial charge < -0.3 is 10.7 Å². The van der Waals surface area contributed by atoms with Crippen LogP contribution in [-0.2, 0) is 0 Å². The standard InChI is InChI=1S/C12H16N4O3/c13-15-10-5-4-9(6-11(10)16(18)19)12(17)14-7-8-2-1-3-8/h4-6,8,15H,1-3,7,13H2,(H,14,17). The first-order valence-corrected chi connectivity index (χ1v) is 6.15. The third-order valence-electron chi connectivity index (χ3n) is 3.39. The smallest absolute Gasteiger partial charge is 0.294 e. The van der Waals surface area contributed by atoms with Gasteiger partial charge in [0.25, 0.3) is 11.6 Å². The van der Waals surface area contributed by atoms with Crippen molar-refractivity contribution < 1.29 is 9.72 Å². The maximum atomic E-state index is 11.9. The molecule has 1 amide bonds. The van der Waals surface area contributed by atoms with Crippen LogP contribution in [0.25, 0.3) is 0 Å². The van der Waals surface area contributed by atoms with Crippen LogP contribution in [-0.4, -0.2) is 17.4 Å². The van der Waals surface area contributed by atoms with Crippen molar-refractivity contribution in [1.82, 2.24) is 5.32 Å². The first-order valence-electron chi connectivity index (χ1n) is 6.15. The maximum Gasteiger partial charge on any atom is 0.294 e. The molecule has 0 saturated heterocycles. The molecule has 7 nitrogen and oxygen atoms in total. The Morgan fingerprint density at radius 1 is 1.47 bits per heavy atom. The van der Waals surface area contributed by atoms with Crippen LogP contribution in [0.2, 0.25) is 0 Å². The highest BCUT2D eigenvalue weighted by Gasteiger charge is 2.20. The Hall–Kier alpha value is -2.15. The molecule has 0 atom stereocenters. The minimum Gasteiger partial charge on any atom is -0.352 e. The molecule has 4 N–H and O–H groups in total. The molecule has 1 fully saturated rings. The number of rotatable bonds is 5. The number of nitro benzene ring substituents is 1. The molecular weight excluding hydrogens is 248 g/mol. The van der Waals surface area contributed by atoms with Gasteiger partial charge in [-0.25, -0.2) is 0 Å². The number of amides is 1. The van der Waals surface area contributed by atoms with Crippen molar-refractivity contribution in [2.75, 3.05) is 12.0 Å². The zero-order valence-electron chi connectivity index (χ0n) is 10.4. The molecule has 1 aliphatic carbocycles. The topological polar surface area (TPSA) is 110 Å². The molecule has 102 valence electrons. The van der Waals surface area contributed by atoms with Gasteiger partial charge in [0, 0.05) is 18.2 Å². The highest BCUT2D eigenvalue weighted by Crippen LogP contribution is 2.26. The fourth-order valence-corrected chi connectivity index (χ4v) is 1.98. The quantitative estimate of drug-likeness (QED) is 0.423. The Balaban J connectivity index is 2.08. The van der Waals surface area contributed by atoms with Gasteiger partial charge in [0.05, 0.1) is 4.92 Å². The summed E-state index contributed by atoms with van der Waals surface area (Å²) in [4.78, 5) is 22.2. The summed E-state index contributed by atoms with van der Waals surface area (Å²) in [5.41, 5.74) is 2.48. The Morgan fingerprint density at radius 2 is 2.21 bits per heavy atom. The normalized spacial score (nSPS) is 14.6. The lowest BCUT2D eigenvalue weighted by atomic mass is 9.85. The van der Waals surface area contributed by atoms with Gasteiger partial charge in [0.15, 0.2) is 0 Å². The van der Waals surface area contributed by atoms with Crippen molar-refractivity contribution >= 4 is 17.3 Å². The van der Waals surface area contributed by atoms with E-state index >= 15 is 0 Å². The van der Waals surface area contributed by atoms with Crippen LogP contribution in [0.1, 0.15) is 29.6 Å². The van der Waals surface area contributed by atoms with E-state index in [1.165, 1.54) is 24.6 Å². The fraction of sp³-hybridized carbons (Fsp3) is 0.417. The molecule has 1 saturated carbocycles. The zero-order chi connectivity index (χ0) is 13.8. The summed E-state index contributed by atoms with van der Waals surface area (Å²) < 4.78 is 0. The molecule has 19 heavy (non-hydrogen) atoms. The van der Waals surface area contributed by atoms with E-state index in [-0.39, 0.29) is 22.8 Å². The van der Waals surface area contributed by atoms with Gasteiger partial charge in [-0.1, -0.05) is 6.42 Å². The van der Waals surface area contributed by atoms with E-state index in [0.29, 0.717) is 12.5 Å². The van der Waals surface area contributed by atoms with E-state index in [1.807, 2.05) is 0 Å². The highest BCUT2D eigenvalue weighted by molar-refractivity contribution is 5.95. The minimum atomic E-state index is -0.572. The number of hydrogen-bond donors (Lipinski definition) is 3. The van der Waals surface area contributed by atoms with Crippen LogP contribution < -0.4 is 16.6 Å². The number of nitro groups is 1. The van der Waals surface area contributed by atoms with Gasteiger partial charge in [-0.05, 0) is 30.9 Å².